The summed E-state index contributed by atoms with van der Waals surface area (Å²) in [5.74, 6) is -0.202. The molecule has 0 unspecified atom stereocenters. The van der Waals surface area contributed by atoms with E-state index >= 15 is 0 Å². The maximum absolute atomic E-state index is 10.7. The zero-order chi connectivity index (χ0) is 7.68. The average molecular weight is 150 g/mol. The Bertz CT molecular complexity index is 298. The van der Waals surface area contributed by atoms with Crippen LogP contribution in [0.5, 0.6) is 0 Å². The summed E-state index contributed by atoms with van der Waals surface area (Å²) < 4.78 is 4.78. The Balaban J connectivity index is 2.41. The van der Waals surface area contributed by atoms with E-state index in [1.165, 1.54) is 6.33 Å². The Morgan fingerprint density at radius 3 is 3.36 bits per heavy atom. The highest BCUT2D eigenvalue weighted by Crippen LogP contribution is 2.12. The topological polar surface area (TPSA) is 52.1 Å². The molecule has 1 aromatic heterocycles. The number of carbonyl (C=O) groups is 1. The number of nitrogens with zero attached hydrogens (tertiary/aromatic N) is 2. The fourth-order valence-corrected chi connectivity index (χ4v) is 1.02. The van der Waals surface area contributed by atoms with Crippen LogP contribution < -0.4 is 0 Å². The van der Waals surface area contributed by atoms with Crippen molar-refractivity contribution in [2.24, 2.45) is 0 Å². The third-order valence-electron chi connectivity index (χ3n) is 1.59. The van der Waals surface area contributed by atoms with Crippen molar-refractivity contribution in [3.8, 4) is 0 Å². The molecule has 0 saturated heterocycles. The van der Waals surface area contributed by atoms with Gasteiger partial charge in [-0.05, 0) is 0 Å². The minimum absolute atomic E-state index is 0.202. The molecular weight excluding hydrogens is 144 g/mol. The number of rotatable bonds is 0. The summed E-state index contributed by atoms with van der Waals surface area (Å²) in [6.45, 7) is 0.288. The Labute approximate surface area is 63.2 Å². The molecule has 11 heavy (non-hydrogen) atoms. The van der Waals surface area contributed by atoms with Crippen LogP contribution in [0.2, 0.25) is 0 Å². The van der Waals surface area contributed by atoms with Crippen LogP contribution in [0.3, 0.4) is 0 Å². The van der Waals surface area contributed by atoms with Gasteiger partial charge in [0.15, 0.2) is 0 Å². The van der Waals surface area contributed by atoms with Gasteiger partial charge in [0.05, 0.1) is 12.1 Å². The first kappa shape index (κ1) is 6.27. The summed E-state index contributed by atoms with van der Waals surface area (Å²) in [6.07, 6.45) is 3.41. The molecule has 0 saturated carbocycles. The normalized spacial score (nSPS) is 15.5. The largest absolute Gasteiger partial charge is 0.459 e. The minimum Gasteiger partial charge on any atom is -0.459 e. The van der Waals surface area contributed by atoms with Gasteiger partial charge in [-0.3, -0.25) is 4.79 Å². The lowest BCUT2D eigenvalue weighted by atomic mass is 10.1. The van der Waals surface area contributed by atoms with Crippen molar-refractivity contribution < 1.29 is 9.53 Å². The second-order valence-corrected chi connectivity index (χ2v) is 2.33. The van der Waals surface area contributed by atoms with Gasteiger partial charge in [-0.15, -0.1) is 0 Å². The van der Waals surface area contributed by atoms with Crippen molar-refractivity contribution in [3.63, 3.8) is 0 Å². The maximum Gasteiger partial charge on any atom is 0.310 e. The van der Waals surface area contributed by atoms with Gasteiger partial charge in [-0.1, -0.05) is 0 Å². The molecule has 56 valence electrons. The van der Waals surface area contributed by atoms with Crippen molar-refractivity contribution in [1.29, 1.82) is 0 Å². The lowest BCUT2D eigenvalue weighted by molar-refractivity contribution is -0.145. The molecule has 1 aliphatic heterocycles. The summed E-state index contributed by atoms with van der Waals surface area (Å²) >= 11 is 0. The van der Waals surface area contributed by atoms with Crippen LogP contribution in [0, 0.1) is 0 Å². The van der Waals surface area contributed by atoms with Crippen molar-refractivity contribution in [1.82, 2.24) is 9.97 Å². The van der Waals surface area contributed by atoms with Crippen molar-refractivity contribution in [3.05, 3.63) is 23.8 Å². The van der Waals surface area contributed by atoms with E-state index in [0.717, 1.165) is 11.3 Å². The number of cyclic esters (lactones) is 1. The van der Waals surface area contributed by atoms with E-state index in [2.05, 4.69) is 9.97 Å². The molecule has 1 aromatic rings. The Morgan fingerprint density at radius 1 is 1.55 bits per heavy atom. The van der Waals surface area contributed by atoms with Crippen LogP contribution in [0.1, 0.15) is 11.3 Å². The van der Waals surface area contributed by atoms with Gasteiger partial charge in [-0.25, -0.2) is 9.97 Å². The maximum atomic E-state index is 10.7. The van der Waals surface area contributed by atoms with Crippen molar-refractivity contribution in [2.45, 2.75) is 13.0 Å². The number of esters is 1. The Morgan fingerprint density at radius 2 is 2.45 bits per heavy atom. The van der Waals surface area contributed by atoms with Crippen LogP contribution in [0.4, 0.5) is 0 Å². The van der Waals surface area contributed by atoms with Gasteiger partial charge in [0.25, 0.3) is 0 Å². The Kier molecular flexibility index (Phi) is 1.31. The third kappa shape index (κ3) is 1.07. The second kappa shape index (κ2) is 2.30. The van der Waals surface area contributed by atoms with Crippen LogP contribution in [0.15, 0.2) is 12.5 Å². The van der Waals surface area contributed by atoms with E-state index in [1.54, 1.807) is 6.20 Å². The molecule has 0 amide bonds. The van der Waals surface area contributed by atoms with E-state index in [4.69, 9.17) is 4.74 Å². The van der Waals surface area contributed by atoms with Crippen LogP contribution >= 0.6 is 0 Å². The van der Waals surface area contributed by atoms with E-state index in [0.29, 0.717) is 6.42 Å². The van der Waals surface area contributed by atoms with E-state index < -0.39 is 0 Å². The molecule has 0 N–H and O–H groups in total. The number of ether oxygens (including phenoxy) is 1. The summed E-state index contributed by atoms with van der Waals surface area (Å²) in [7, 11) is 0. The lowest BCUT2D eigenvalue weighted by Gasteiger charge is -2.12. The molecule has 0 atom stereocenters. The van der Waals surface area contributed by atoms with Gasteiger partial charge in [0, 0.05) is 11.8 Å². The first-order valence-corrected chi connectivity index (χ1v) is 3.29. The van der Waals surface area contributed by atoms with E-state index in [1.807, 2.05) is 0 Å². The molecule has 0 aliphatic carbocycles. The molecule has 2 heterocycles. The SMILES string of the molecule is O=C1Cc2cncnc2CO1. The average Bonchev–Trinajstić information content (AvgIpc) is 2.04. The van der Waals surface area contributed by atoms with E-state index in [-0.39, 0.29) is 12.6 Å². The first-order chi connectivity index (χ1) is 5.36. The molecule has 1 aliphatic rings. The second-order valence-electron chi connectivity index (χ2n) is 2.33. The molecule has 0 fully saturated rings. The van der Waals surface area contributed by atoms with E-state index in [9.17, 15) is 4.79 Å². The molecule has 0 spiro atoms. The number of aromatic nitrogens is 2. The molecule has 4 heteroatoms. The van der Waals surface area contributed by atoms with Crippen molar-refractivity contribution in [2.75, 3.05) is 0 Å². The fraction of sp³-hybridized carbons (Fsp3) is 0.286. The molecule has 4 nitrogen and oxygen atoms in total. The minimum atomic E-state index is -0.202. The summed E-state index contributed by atoms with van der Waals surface area (Å²) in [4.78, 5) is 18.5. The summed E-state index contributed by atoms with van der Waals surface area (Å²) in [6, 6.07) is 0. The predicted octanol–water partition coefficient (Wildman–Crippen LogP) is 0.0759. The van der Waals surface area contributed by atoms with Gasteiger partial charge >= 0.3 is 5.97 Å². The molecule has 0 bridgehead atoms. The first-order valence-electron chi connectivity index (χ1n) is 3.29. The predicted molar refractivity (Wildman–Crippen MR) is 35.5 cm³/mol. The number of carbonyl (C=O) groups excluding carboxylic acids is 1. The highest BCUT2D eigenvalue weighted by atomic mass is 16.5. The number of hydrogen-bond donors (Lipinski definition) is 0. The number of hydrogen-bond acceptors (Lipinski definition) is 4. The van der Waals surface area contributed by atoms with Gasteiger partial charge in [-0.2, -0.15) is 0 Å². The zero-order valence-electron chi connectivity index (χ0n) is 5.78. The van der Waals surface area contributed by atoms with Crippen LogP contribution in [-0.4, -0.2) is 15.9 Å². The molecule has 2 rings (SSSR count). The number of fused-ring (bicyclic) bond motifs is 1. The highest BCUT2D eigenvalue weighted by molar-refractivity contribution is 5.74. The van der Waals surface area contributed by atoms with Crippen LogP contribution in [-0.2, 0) is 22.6 Å². The summed E-state index contributed by atoms with van der Waals surface area (Å²) in [5.41, 5.74) is 1.70. The standard InChI is InChI=1S/C7H6N2O2/c10-7-1-5-2-8-4-9-6(5)3-11-7/h2,4H,1,3H2. The monoisotopic (exact) mass is 150 g/mol. The molecular formula is C7H6N2O2. The highest BCUT2D eigenvalue weighted by Gasteiger charge is 2.16. The quantitative estimate of drug-likeness (QED) is 0.491. The lowest BCUT2D eigenvalue weighted by Crippen LogP contribution is -2.17. The fourth-order valence-electron chi connectivity index (χ4n) is 1.02. The smallest absolute Gasteiger partial charge is 0.310 e. The zero-order valence-corrected chi connectivity index (χ0v) is 5.78. The van der Waals surface area contributed by atoms with Gasteiger partial charge in [0.2, 0.25) is 0 Å². The third-order valence-corrected chi connectivity index (χ3v) is 1.59. The molecule has 0 radical (unpaired) electrons. The van der Waals surface area contributed by atoms with Gasteiger partial charge in [0.1, 0.15) is 12.9 Å². The Hall–Kier alpha value is -1.45. The van der Waals surface area contributed by atoms with Crippen molar-refractivity contribution >= 4 is 5.97 Å². The van der Waals surface area contributed by atoms with Crippen LogP contribution in [0.25, 0.3) is 0 Å². The molecule has 0 aromatic carbocycles. The summed E-state index contributed by atoms with van der Waals surface area (Å²) in [5, 5.41) is 0. The van der Waals surface area contributed by atoms with Gasteiger partial charge < -0.3 is 4.74 Å².